The van der Waals surface area contributed by atoms with Crippen LogP contribution in [0.3, 0.4) is 0 Å². The van der Waals surface area contributed by atoms with Crippen LogP contribution in [-0.2, 0) is 10.0 Å². The Labute approximate surface area is 179 Å². The molecule has 1 amide bonds. The van der Waals surface area contributed by atoms with E-state index in [1.807, 2.05) is 21.7 Å². The molecule has 10 heteroatoms. The van der Waals surface area contributed by atoms with E-state index < -0.39 is 10.0 Å². The Morgan fingerprint density at radius 2 is 1.89 bits per heavy atom. The van der Waals surface area contributed by atoms with Gasteiger partial charge in [-0.25, -0.2) is 13.1 Å². The van der Waals surface area contributed by atoms with Gasteiger partial charge in [0.25, 0.3) is 5.91 Å². The number of hydrogen-bond acceptors (Lipinski definition) is 5. The molecular formula is C18H21Cl2N3O3S2. The number of amides is 1. The SMILES string of the molecule is Cc1cc(S(=O)(=O)NCCN2CCN(C(=O)c3ccsc3)CC2)c(Cl)cc1Cl. The molecule has 6 nitrogen and oxygen atoms in total. The molecule has 3 rings (SSSR count). The summed E-state index contributed by atoms with van der Waals surface area (Å²) in [5, 5.41) is 4.28. The van der Waals surface area contributed by atoms with Gasteiger partial charge < -0.3 is 4.90 Å². The minimum atomic E-state index is -3.72. The van der Waals surface area contributed by atoms with Gasteiger partial charge in [0, 0.05) is 49.7 Å². The number of rotatable bonds is 6. The van der Waals surface area contributed by atoms with Crippen molar-refractivity contribution in [2.45, 2.75) is 11.8 Å². The quantitative estimate of drug-likeness (QED) is 0.717. The van der Waals surface area contributed by atoms with Crippen molar-refractivity contribution in [2.75, 3.05) is 39.3 Å². The van der Waals surface area contributed by atoms with E-state index in [2.05, 4.69) is 9.62 Å². The van der Waals surface area contributed by atoms with Gasteiger partial charge >= 0.3 is 0 Å². The first kappa shape index (κ1) is 21.5. The molecular weight excluding hydrogens is 441 g/mol. The van der Waals surface area contributed by atoms with Gasteiger partial charge in [-0.2, -0.15) is 11.3 Å². The fourth-order valence-corrected chi connectivity index (χ4v) is 5.48. The summed E-state index contributed by atoms with van der Waals surface area (Å²) in [5.41, 5.74) is 1.37. The molecule has 1 saturated heterocycles. The average Bonchev–Trinajstić information content (AvgIpc) is 3.19. The number of piperazine rings is 1. The molecule has 152 valence electrons. The Morgan fingerprint density at radius 1 is 1.18 bits per heavy atom. The van der Waals surface area contributed by atoms with Gasteiger partial charge in [-0.15, -0.1) is 0 Å². The average molecular weight is 462 g/mol. The number of aryl methyl sites for hydroxylation is 1. The van der Waals surface area contributed by atoms with Crippen LogP contribution in [0.15, 0.2) is 33.9 Å². The van der Waals surface area contributed by atoms with Gasteiger partial charge in [0.1, 0.15) is 4.90 Å². The number of carbonyl (C=O) groups is 1. The van der Waals surface area contributed by atoms with E-state index in [0.29, 0.717) is 43.3 Å². The molecule has 0 unspecified atom stereocenters. The maximum Gasteiger partial charge on any atom is 0.254 e. The molecule has 2 heterocycles. The van der Waals surface area contributed by atoms with Gasteiger partial charge in [-0.1, -0.05) is 23.2 Å². The largest absolute Gasteiger partial charge is 0.336 e. The van der Waals surface area contributed by atoms with Gasteiger partial charge in [0.05, 0.1) is 10.6 Å². The highest BCUT2D eigenvalue weighted by molar-refractivity contribution is 7.89. The van der Waals surface area contributed by atoms with Gasteiger partial charge in [-0.3, -0.25) is 9.69 Å². The minimum absolute atomic E-state index is 0.0299. The number of nitrogens with one attached hydrogen (secondary N) is 1. The zero-order chi connectivity index (χ0) is 20.3. The van der Waals surface area contributed by atoms with Crippen molar-refractivity contribution in [1.82, 2.24) is 14.5 Å². The topological polar surface area (TPSA) is 69.7 Å². The number of sulfonamides is 1. The third-order valence-electron chi connectivity index (χ3n) is 4.65. The summed E-state index contributed by atoms with van der Waals surface area (Å²) in [6.07, 6.45) is 0. The van der Waals surface area contributed by atoms with Gasteiger partial charge in [0.15, 0.2) is 0 Å². The molecule has 0 spiro atoms. The maximum absolute atomic E-state index is 12.5. The molecule has 1 aromatic heterocycles. The summed E-state index contributed by atoms with van der Waals surface area (Å²) in [7, 11) is -3.72. The molecule has 28 heavy (non-hydrogen) atoms. The molecule has 1 aromatic carbocycles. The van der Waals surface area contributed by atoms with Crippen molar-refractivity contribution in [3.8, 4) is 0 Å². The molecule has 1 fully saturated rings. The molecule has 1 aliphatic rings. The highest BCUT2D eigenvalue weighted by Gasteiger charge is 2.23. The second kappa shape index (κ2) is 9.11. The maximum atomic E-state index is 12.5. The van der Waals surface area contributed by atoms with Crippen LogP contribution >= 0.6 is 34.5 Å². The van der Waals surface area contributed by atoms with Crippen molar-refractivity contribution in [3.05, 3.63) is 50.1 Å². The Morgan fingerprint density at radius 3 is 2.54 bits per heavy atom. The van der Waals surface area contributed by atoms with Crippen LogP contribution in [0.2, 0.25) is 10.0 Å². The summed E-state index contributed by atoms with van der Waals surface area (Å²) in [6, 6.07) is 4.75. The second-order valence-corrected chi connectivity index (χ2v) is 9.91. The number of hydrogen-bond donors (Lipinski definition) is 1. The lowest BCUT2D eigenvalue weighted by Crippen LogP contribution is -2.50. The fourth-order valence-electron chi connectivity index (χ4n) is 3.00. The number of nitrogens with zero attached hydrogens (tertiary/aromatic N) is 2. The highest BCUT2D eigenvalue weighted by Crippen LogP contribution is 2.28. The van der Waals surface area contributed by atoms with E-state index in [0.717, 1.165) is 5.56 Å². The van der Waals surface area contributed by atoms with Crippen LogP contribution in [0.1, 0.15) is 15.9 Å². The molecule has 0 radical (unpaired) electrons. The van der Waals surface area contributed by atoms with E-state index in [1.165, 1.54) is 23.5 Å². The zero-order valence-corrected chi connectivity index (χ0v) is 18.5. The van der Waals surface area contributed by atoms with Crippen LogP contribution in [-0.4, -0.2) is 63.4 Å². The molecule has 0 saturated carbocycles. The number of benzene rings is 1. The summed E-state index contributed by atoms with van der Waals surface area (Å²) in [5.74, 6) is 0.0503. The highest BCUT2D eigenvalue weighted by atomic mass is 35.5. The number of carbonyl (C=O) groups excluding carboxylic acids is 1. The van der Waals surface area contributed by atoms with E-state index in [9.17, 15) is 13.2 Å². The summed E-state index contributed by atoms with van der Waals surface area (Å²) in [4.78, 5) is 16.3. The van der Waals surface area contributed by atoms with Crippen molar-refractivity contribution >= 4 is 50.5 Å². The Hall–Kier alpha value is -1.16. The number of thiophene rings is 1. The molecule has 1 N–H and O–H groups in total. The standard InChI is InChI=1S/C18H21Cl2N3O3S2/c1-13-10-17(16(20)11-15(13)19)28(25,26)21-3-4-22-5-7-23(8-6-22)18(24)14-2-9-27-12-14/h2,9-12,21H,3-8H2,1H3. The Balaban J connectivity index is 1.49. The first-order chi connectivity index (χ1) is 13.3. The van der Waals surface area contributed by atoms with Crippen molar-refractivity contribution in [3.63, 3.8) is 0 Å². The lowest BCUT2D eigenvalue weighted by atomic mass is 10.2. The van der Waals surface area contributed by atoms with Crippen LogP contribution in [0.4, 0.5) is 0 Å². The van der Waals surface area contributed by atoms with Crippen LogP contribution < -0.4 is 4.72 Å². The van der Waals surface area contributed by atoms with Crippen molar-refractivity contribution in [1.29, 1.82) is 0 Å². The predicted octanol–water partition coefficient (Wildman–Crippen LogP) is 3.10. The Kier molecular flexibility index (Phi) is 7.01. The van der Waals surface area contributed by atoms with Gasteiger partial charge in [0.2, 0.25) is 10.0 Å². The molecule has 0 aliphatic carbocycles. The van der Waals surface area contributed by atoms with E-state index >= 15 is 0 Å². The van der Waals surface area contributed by atoms with Crippen LogP contribution in [0, 0.1) is 6.92 Å². The summed E-state index contributed by atoms with van der Waals surface area (Å²) in [6.45, 7) is 5.22. The van der Waals surface area contributed by atoms with E-state index in [-0.39, 0.29) is 22.4 Å². The smallest absolute Gasteiger partial charge is 0.254 e. The van der Waals surface area contributed by atoms with E-state index in [4.69, 9.17) is 23.2 Å². The third kappa shape index (κ3) is 5.06. The monoisotopic (exact) mass is 461 g/mol. The number of halogens is 2. The summed E-state index contributed by atoms with van der Waals surface area (Å²) >= 11 is 13.5. The minimum Gasteiger partial charge on any atom is -0.336 e. The third-order valence-corrected chi connectivity index (χ3v) is 7.67. The Bertz CT molecular complexity index is 941. The van der Waals surface area contributed by atoms with Crippen LogP contribution in [0.5, 0.6) is 0 Å². The van der Waals surface area contributed by atoms with Crippen molar-refractivity contribution < 1.29 is 13.2 Å². The van der Waals surface area contributed by atoms with Crippen LogP contribution in [0.25, 0.3) is 0 Å². The second-order valence-electron chi connectivity index (χ2n) is 6.58. The molecule has 2 aromatic rings. The first-order valence-corrected chi connectivity index (χ1v) is 12.0. The molecule has 1 aliphatic heterocycles. The lowest BCUT2D eigenvalue weighted by molar-refractivity contribution is 0.0640. The zero-order valence-electron chi connectivity index (χ0n) is 15.3. The molecule has 0 bridgehead atoms. The van der Waals surface area contributed by atoms with E-state index in [1.54, 1.807) is 6.92 Å². The predicted molar refractivity (Wildman–Crippen MR) is 113 cm³/mol. The normalized spacial score (nSPS) is 15.8. The van der Waals surface area contributed by atoms with Crippen molar-refractivity contribution in [2.24, 2.45) is 0 Å². The molecule has 0 atom stereocenters. The first-order valence-electron chi connectivity index (χ1n) is 8.77. The summed E-state index contributed by atoms with van der Waals surface area (Å²) < 4.78 is 27.6. The lowest BCUT2D eigenvalue weighted by Gasteiger charge is -2.34. The van der Waals surface area contributed by atoms with Gasteiger partial charge in [-0.05, 0) is 36.1 Å². The fraction of sp³-hybridized carbons (Fsp3) is 0.389.